The second-order valence-electron chi connectivity index (χ2n) is 2.75. The molecule has 4 nitrogen and oxygen atoms in total. The number of nitrogens with zero attached hydrogens (tertiary/aromatic N) is 4. The lowest BCUT2D eigenvalue weighted by molar-refractivity contribution is 0.869. The maximum absolute atomic E-state index is 4.22. The Morgan fingerprint density at radius 3 is 2.58 bits per heavy atom. The Bertz CT molecular complexity index is 347. The van der Waals surface area contributed by atoms with Gasteiger partial charge in [0.2, 0.25) is 0 Å². The average molecular weight is 162 g/mol. The van der Waals surface area contributed by atoms with Gasteiger partial charge in [-0.25, -0.2) is 9.97 Å². The first kappa shape index (κ1) is 7.09. The van der Waals surface area contributed by atoms with E-state index in [4.69, 9.17) is 0 Å². The van der Waals surface area contributed by atoms with Crippen molar-refractivity contribution in [3.05, 3.63) is 24.9 Å². The monoisotopic (exact) mass is 162 g/mol. The molecule has 0 spiro atoms. The molecule has 0 saturated carbocycles. The zero-order valence-corrected chi connectivity index (χ0v) is 7.10. The Morgan fingerprint density at radius 1 is 1.25 bits per heavy atom. The summed E-state index contributed by atoms with van der Waals surface area (Å²) < 4.78 is 3.92. The fourth-order valence-corrected chi connectivity index (χ4v) is 1.19. The van der Waals surface area contributed by atoms with Crippen molar-refractivity contribution in [3.8, 4) is 11.5 Å². The Hall–Kier alpha value is -1.58. The number of aryl methyl sites for hydroxylation is 2. The Kier molecular flexibility index (Phi) is 1.46. The van der Waals surface area contributed by atoms with Gasteiger partial charge >= 0.3 is 0 Å². The largest absolute Gasteiger partial charge is 0.333 e. The third kappa shape index (κ3) is 0.922. The van der Waals surface area contributed by atoms with E-state index in [0.29, 0.717) is 0 Å². The van der Waals surface area contributed by atoms with Crippen LogP contribution < -0.4 is 0 Å². The summed E-state index contributed by atoms with van der Waals surface area (Å²) in [6.45, 7) is 0. The zero-order valence-electron chi connectivity index (χ0n) is 7.10. The quantitative estimate of drug-likeness (QED) is 0.622. The molecule has 62 valence electrons. The fraction of sp³-hybridized carbons (Fsp3) is 0.250. The van der Waals surface area contributed by atoms with Crippen molar-refractivity contribution in [1.82, 2.24) is 19.1 Å². The summed E-state index contributed by atoms with van der Waals surface area (Å²) in [6.07, 6.45) is 7.27. The van der Waals surface area contributed by atoms with Gasteiger partial charge in [0, 0.05) is 26.5 Å². The van der Waals surface area contributed by atoms with E-state index < -0.39 is 0 Å². The molecule has 2 heterocycles. The molecule has 0 bridgehead atoms. The summed E-state index contributed by atoms with van der Waals surface area (Å²) in [4.78, 5) is 8.25. The molecule has 0 saturated heterocycles. The summed E-state index contributed by atoms with van der Waals surface area (Å²) in [7, 11) is 3.92. The first-order valence-corrected chi connectivity index (χ1v) is 3.73. The molecule has 2 aromatic heterocycles. The van der Waals surface area contributed by atoms with Crippen LogP contribution in [-0.2, 0) is 14.1 Å². The molecule has 0 N–H and O–H groups in total. The Balaban J connectivity index is 2.57. The van der Waals surface area contributed by atoms with Crippen molar-refractivity contribution < 1.29 is 0 Å². The van der Waals surface area contributed by atoms with Crippen LogP contribution in [0.2, 0.25) is 0 Å². The van der Waals surface area contributed by atoms with E-state index in [9.17, 15) is 0 Å². The van der Waals surface area contributed by atoms with Gasteiger partial charge in [0.05, 0.1) is 12.5 Å². The highest BCUT2D eigenvalue weighted by Gasteiger charge is 2.05. The van der Waals surface area contributed by atoms with Crippen molar-refractivity contribution in [2.24, 2.45) is 14.1 Å². The van der Waals surface area contributed by atoms with Crippen LogP contribution in [0.5, 0.6) is 0 Å². The average Bonchev–Trinajstić information content (AvgIpc) is 2.59. The van der Waals surface area contributed by atoms with Crippen molar-refractivity contribution in [2.45, 2.75) is 0 Å². The summed E-state index contributed by atoms with van der Waals surface area (Å²) in [5, 5.41) is 0. The fourth-order valence-electron chi connectivity index (χ4n) is 1.19. The van der Waals surface area contributed by atoms with Crippen molar-refractivity contribution in [2.75, 3.05) is 0 Å². The molecule has 0 unspecified atom stereocenters. The van der Waals surface area contributed by atoms with Crippen molar-refractivity contribution in [1.29, 1.82) is 0 Å². The lowest BCUT2D eigenvalue weighted by Crippen LogP contribution is -1.96. The Morgan fingerprint density at radius 2 is 2.08 bits per heavy atom. The molecule has 0 amide bonds. The summed E-state index contributed by atoms with van der Waals surface area (Å²) in [5.41, 5.74) is 1.03. The molecule has 4 heteroatoms. The normalized spacial score (nSPS) is 10.5. The number of rotatable bonds is 1. The summed E-state index contributed by atoms with van der Waals surface area (Å²) >= 11 is 0. The van der Waals surface area contributed by atoms with Gasteiger partial charge < -0.3 is 9.13 Å². The van der Waals surface area contributed by atoms with Crippen LogP contribution in [0.15, 0.2) is 24.9 Å². The third-order valence-corrected chi connectivity index (χ3v) is 1.87. The molecule has 2 aromatic rings. The van der Waals surface area contributed by atoms with Gasteiger partial charge in [-0.15, -0.1) is 0 Å². The van der Waals surface area contributed by atoms with E-state index in [1.165, 1.54) is 0 Å². The van der Waals surface area contributed by atoms with Crippen molar-refractivity contribution >= 4 is 0 Å². The molecule has 0 aliphatic carbocycles. The first-order valence-electron chi connectivity index (χ1n) is 3.73. The molecular weight excluding hydrogens is 152 g/mol. The second kappa shape index (κ2) is 2.48. The smallest absolute Gasteiger partial charge is 0.158 e. The molecule has 2 rings (SSSR count). The number of hydrogen-bond acceptors (Lipinski definition) is 2. The van der Waals surface area contributed by atoms with Gasteiger partial charge in [0.15, 0.2) is 5.82 Å². The van der Waals surface area contributed by atoms with Crippen LogP contribution in [0.1, 0.15) is 0 Å². The maximum Gasteiger partial charge on any atom is 0.158 e. The minimum atomic E-state index is 0.940. The highest BCUT2D eigenvalue weighted by molar-refractivity contribution is 5.48. The van der Waals surface area contributed by atoms with E-state index in [1.54, 1.807) is 12.5 Å². The summed E-state index contributed by atoms with van der Waals surface area (Å²) in [5.74, 6) is 0.940. The predicted octanol–water partition coefficient (Wildman–Crippen LogP) is 0.821. The highest BCUT2D eigenvalue weighted by atomic mass is 15.1. The Labute approximate surface area is 70.5 Å². The first-order chi connectivity index (χ1) is 5.79. The molecular formula is C8H10N4. The van der Waals surface area contributed by atoms with Gasteiger partial charge in [0.1, 0.15) is 5.69 Å². The molecule has 12 heavy (non-hydrogen) atoms. The van der Waals surface area contributed by atoms with Crippen molar-refractivity contribution in [3.63, 3.8) is 0 Å². The van der Waals surface area contributed by atoms with E-state index in [-0.39, 0.29) is 0 Å². The van der Waals surface area contributed by atoms with Gasteiger partial charge in [-0.3, -0.25) is 0 Å². The van der Waals surface area contributed by atoms with Gasteiger partial charge in [-0.1, -0.05) is 0 Å². The van der Waals surface area contributed by atoms with E-state index in [0.717, 1.165) is 11.5 Å². The molecule has 0 aromatic carbocycles. The van der Waals surface area contributed by atoms with Crippen LogP contribution >= 0.6 is 0 Å². The predicted molar refractivity (Wildman–Crippen MR) is 45.4 cm³/mol. The zero-order chi connectivity index (χ0) is 8.55. The van der Waals surface area contributed by atoms with E-state index >= 15 is 0 Å². The number of imidazole rings is 2. The molecule has 0 aliphatic rings. The lowest BCUT2D eigenvalue weighted by Gasteiger charge is -2.00. The third-order valence-electron chi connectivity index (χ3n) is 1.87. The molecule has 0 radical (unpaired) electrons. The topological polar surface area (TPSA) is 35.6 Å². The molecule has 0 fully saturated rings. The van der Waals surface area contributed by atoms with Crippen LogP contribution in [0.25, 0.3) is 11.5 Å². The van der Waals surface area contributed by atoms with Crippen LogP contribution in [0.4, 0.5) is 0 Å². The maximum atomic E-state index is 4.22. The SMILES string of the molecule is Cn1cncc1-c1nccn1C. The number of hydrogen-bond donors (Lipinski definition) is 0. The number of aromatic nitrogens is 4. The standard InChI is InChI=1S/C8H10N4/c1-11-4-3-10-8(11)7-5-9-6-12(7)2/h3-6H,1-2H3. The van der Waals surface area contributed by atoms with Gasteiger partial charge in [-0.05, 0) is 0 Å². The summed E-state index contributed by atoms with van der Waals surface area (Å²) in [6, 6.07) is 0. The minimum Gasteiger partial charge on any atom is -0.333 e. The lowest BCUT2D eigenvalue weighted by atomic mass is 10.4. The molecule has 0 atom stereocenters. The van der Waals surface area contributed by atoms with Crippen LogP contribution in [0.3, 0.4) is 0 Å². The van der Waals surface area contributed by atoms with Crippen LogP contribution in [0, 0.1) is 0 Å². The van der Waals surface area contributed by atoms with E-state index in [1.807, 2.05) is 35.6 Å². The highest BCUT2D eigenvalue weighted by Crippen LogP contribution is 2.13. The molecule has 0 aliphatic heterocycles. The van der Waals surface area contributed by atoms with E-state index in [2.05, 4.69) is 9.97 Å². The van der Waals surface area contributed by atoms with Gasteiger partial charge in [-0.2, -0.15) is 0 Å². The second-order valence-corrected chi connectivity index (χ2v) is 2.75. The minimum absolute atomic E-state index is 0.940. The van der Waals surface area contributed by atoms with Gasteiger partial charge in [0.25, 0.3) is 0 Å². The van der Waals surface area contributed by atoms with Crippen LogP contribution in [-0.4, -0.2) is 19.1 Å².